The van der Waals surface area contributed by atoms with E-state index in [-0.39, 0.29) is 5.69 Å². The zero-order chi connectivity index (χ0) is 24.9. The molecule has 7 nitrogen and oxygen atoms in total. The minimum Gasteiger partial charge on any atom is -0.497 e. The third-order valence-electron chi connectivity index (χ3n) is 5.39. The first kappa shape index (κ1) is 23.7. The molecule has 180 valence electrons. The number of para-hydroxylation sites is 1. The van der Waals surface area contributed by atoms with Gasteiger partial charge >= 0.3 is 0 Å². The molecule has 0 unspecified atom stereocenters. The Hall–Kier alpha value is -4.40. The fraction of sp³-hybridized carbons (Fsp3) is 0.154. The van der Waals surface area contributed by atoms with Gasteiger partial charge < -0.3 is 19.5 Å². The van der Waals surface area contributed by atoms with Crippen molar-refractivity contribution in [2.75, 3.05) is 26.6 Å². The summed E-state index contributed by atoms with van der Waals surface area (Å²) in [7, 11) is 4.66. The smallest absolute Gasteiger partial charge is 0.276 e. The van der Waals surface area contributed by atoms with Crippen molar-refractivity contribution >= 4 is 11.6 Å². The summed E-state index contributed by atoms with van der Waals surface area (Å²) in [6.45, 7) is 0.307. The monoisotopic (exact) mass is 479 g/mol. The second-order valence-corrected chi connectivity index (χ2v) is 7.54. The van der Waals surface area contributed by atoms with E-state index in [0.717, 1.165) is 17.7 Å². The molecular formula is C26H23F2N3O4. The lowest BCUT2D eigenvalue weighted by Crippen LogP contribution is -2.15. The van der Waals surface area contributed by atoms with Gasteiger partial charge in [-0.3, -0.25) is 9.48 Å². The average molecular weight is 479 g/mol. The molecular weight excluding hydrogens is 456 g/mol. The highest BCUT2D eigenvalue weighted by atomic mass is 19.1. The van der Waals surface area contributed by atoms with Crippen molar-refractivity contribution in [2.45, 2.75) is 6.54 Å². The van der Waals surface area contributed by atoms with Crippen LogP contribution in [0.1, 0.15) is 16.1 Å². The molecule has 0 radical (unpaired) electrons. The third-order valence-corrected chi connectivity index (χ3v) is 5.39. The van der Waals surface area contributed by atoms with E-state index >= 15 is 0 Å². The van der Waals surface area contributed by atoms with Gasteiger partial charge in [0.25, 0.3) is 5.91 Å². The van der Waals surface area contributed by atoms with Crippen molar-refractivity contribution in [1.29, 1.82) is 0 Å². The van der Waals surface area contributed by atoms with Gasteiger partial charge in [0.2, 0.25) is 0 Å². The van der Waals surface area contributed by atoms with Crippen LogP contribution in [0.25, 0.3) is 11.3 Å². The molecule has 1 aromatic heterocycles. The van der Waals surface area contributed by atoms with Crippen molar-refractivity contribution in [2.24, 2.45) is 0 Å². The number of halogens is 2. The van der Waals surface area contributed by atoms with Crippen molar-refractivity contribution in [3.63, 3.8) is 0 Å². The van der Waals surface area contributed by atoms with Crippen molar-refractivity contribution in [3.05, 3.63) is 89.6 Å². The number of anilines is 1. The Labute approximate surface area is 200 Å². The molecule has 0 spiro atoms. The van der Waals surface area contributed by atoms with Crippen LogP contribution in [0, 0.1) is 11.6 Å². The Bertz CT molecular complexity index is 1330. The van der Waals surface area contributed by atoms with Crippen LogP contribution in [0.5, 0.6) is 17.2 Å². The van der Waals surface area contributed by atoms with Gasteiger partial charge in [-0.25, -0.2) is 8.78 Å². The summed E-state index contributed by atoms with van der Waals surface area (Å²) in [4.78, 5) is 12.9. The molecule has 9 heteroatoms. The number of rotatable bonds is 8. The molecule has 0 bridgehead atoms. The topological polar surface area (TPSA) is 74.6 Å². The Morgan fingerprint density at radius 3 is 2.17 bits per heavy atom. The van der Waals surface area contributed by atoms with E-state index in [0.29, 0.717) is 35.1 Å². The van der Waals surface area contributed by atoms with E-state index in [1.165, 1.54) is 19.2 Å². The van der Waals surface area contributed by atoms with E-state index in [1.807, 2.05) is 24.3 Å². The molecule has 0 atom stereocenters. The van der Waals surface area contributed by atoms with Crippen LogP contribution in [0.3, 0.4) is 0 Å². The number of methoxy groups -OCH3 is 3. The fourth-order valence-electron chi connectivity index (χ4n) is 3.58. The normalized spacial score (nSPS) is 10.7. The van der Waals surface area contributed by atoms with E-state index in [2.05, 4.69) is 10.4 Å². The minimum atomic E-state index is -0.884. The van der Waals surface area contributed by atoms with Gasteiger partial charge in [0.05, 0.1) is 33.6 Å². The summed E-state index contributed by atoms with van der Waals surface area (Å²) >= 11 is 0. The molecule has 1 amide bonds. The number of ether oxygens (including phenoxy) is 3. The van der Waals surface area contributed by atoms with Crippen LogP contribution in [0.15, 0.2) is 66.7 Å². The standard InChI is InChI=1S/C26H23F2N3O4/c1-33-17-9-7-16(8-10-17)15-31-23(19-13-18(34-2)11-12-24(19)35-3)14-22(30-31)26(32)29-25-20(27)5-4-6-21(25)28/h4-14H,15H2,1-3H3,(H,29,32). The van der Waals surface area contributed by atoms with E-state index in [9.17, 15) is 13.6 Å². The van der Waals surface area contributed by atoms with Gasteiger partial charge in [-0.15, -0.1) is 0 Å². The average Bonchev–Trinajstić information content (AvgIpc) is 3.30. The van der Waals surface area contributed by atoms with Gasteiger partial charge in [-0.05, 0) is 54.1 Å². The first-order chi connectivity index (χ1) is 16.9. The van der Waals surface area contributed by atoms with Crippen LogP contribution >= 0.6 is 0 Å². The highest BCUT2D eigenvalue weighted by molar-refractivity contribution is 6.03. The SMILES string of the molecule is COc1ccc(Cn2nc(C(=O)Nc3c(F)cccc3F)cc2-c2cc(OC)ccc2OC)cc1. The van der Waals surface area contributed by atoms with Crippen molar-refractivity contribution in [3.8, 4) is 28.5 Å². The second-order valence-electron chi connectivity index (χ2n) is 7.54. The molecule has 0 fully saturated rings. The lowest BCUT2D eigenvalue weighted by atomic mass is 10.1. The fourth-order valence-corrected chi connectivity index (χ4v) is 3.58. The van der Waals surface area contributed by atoms with Gasteiger partial charge in [0, 0.05) is 5.56 Å². The van der Waals surface area contributed by atoms with Crippen molar-refractivity contribution < 1.29 is 27.8 Å². The summed E-state index contributed by atoms with van der Waals surface area (Å²) < 4.78 is 45.9. The van der Waals surface area contributed by atoms with E-state index in [4.69, 9.17) is 14.2 Å². The number of hydrogen-bond acceptors (Lipinski definition) is 5. The van der Waals surface area contributed by atoms with Crippen molar-refractivity contribution in [1.82, 2.24) is 9.78 Å². The second kappa shape index (κ2) is 10.3. The molecule has 35 heavy (non-hydrogen) atoms. The minimum absolute atomic E-state index is 0.0268. The van der Waals surface area contributed by atoms with Gasteiger partial charge in [-0.2, -0.15) is 5.10 Å². The maximum absolute atomic E-state index is 14.1. The van der Waals surface area contributed by atoms with Crippen LogP contribution in [-0.4, -0.2) is 37.0 Å². The molecule has 0 aliphatic carbocycles. The highest BCUT2D eigenvalue weighted by Crippen LogP contribution is 2.34. The molecule has 0 aliphatic rings. The molecule has 4 rings (SSSR count). The lowest BCUT2D eigenvalue weighted by Gasteiger charge is -2.13. The number of carbonyl (C=O) groups is 1. The number of nitrogens with one attached hydrogen (secondary N) is 1. The van der Waals surface area contributed by atoms with Crippen LogP contribution in [0.4, 0.5) is 14.5 Å². The molecule has 0 aliphatic heterocycles. The number of aromatic nitrogens is 2. The van der Waals surface area contributed by atoms with Crippen LogP contribution in [0.2, 0.25) is 0 Å². The number of nitrogens with zero attached hydrogens (tertiary/aromatic N) is 2. The molecule has 0 saturated heterocycles. The van der Waals surface area contributed by atoms with Gasteiger partial charge in [0.15, 0.2) is 5.69 Å². The number of hydrogen-bond donors (Lipinski definition) is 1. The van der Waals surface area contributed by atoms with Crippen LogP contribution in [-0.2, 0) is 6.54 Å². The van der Waals surface area contributed by atoms with Crippen LogP contribution < -0.4 is 19.5 Å². The number of amides is 1. The van der Waals surface area contributed by atoms with E-state index in [1.54, 1.807) is 37.1 Å². The zero-order valence-electron chi connectivity index (χ0n) is 19.3. The molecule has 4 aromatic rings. The quantitative estimate of drug-likeness (QED) is 0.378. The number of benzene rings is 3. The Kier molecular flexibility index (Phi) is 6.96. The predicted octanol–water partition coefficient (Wildman–Crippen LogP) is 5.15. The van der Waals surface area contributed by atoms with E-state index < -0.39 is 23.2 Å². The molecule has 1 heterocycles. The first-order valence-corrected chi connectivity index (χ1v) is 10.6. The largest absolute Gasteiger partial charge is 0.497 e. The summed E-state index contributed by atoms with van der Waals surface area (Å²) in [6, 6.07) is 17.5. The third kappa shape index (κ3) is 5.08. The summed E-state index contributed by atoms with van der Waals surface area (Å²) in [5.41, 5.74) is 1.51. The lowest BCUT2D eigenvalue weighted by molar-refractivity contribution is 0.102. The summed E-state index contributed by atoms with van der Waals surface area (Å²) in [5, 5.41) is 6.72. The predicted molar refractivity (Wildman–Crippen MR) is 127 cm³/mol. The van der Waals surface area contributed by atoms with Gasteiger partial charge in [0.1, 0.15) is 34.6 Å². The zero-order valence-corrected chi connectivity index (χ0v) is 19.3. The Morgan fingerprint density at radius 2 is 1.54 bits per heavy atom. The highest BCUT2D eigenvalue weighted by Gasteiger charge is 2.21. The maximum atomic E-state index is 14.1. The molecule has 0 saturated carbocycles. The Balaban J connectivity index is 1.77. The molecule has 3 aromatic carbocycles. The summed E-state index contributed by atoms with van der Waals surface area (Å²) in [6.07, 6.45) is 0. The Morgan fingerprint density at radius 1 is 0.886 bits per heavy atom. The maximum Gasteiger partial charge on any atom is 0.276 e. The summed E-state index contributed by atoms with van der Waals surface area (Å²) in [5.74, 6) is -0.705. The first-order valence-electron chi connectivity index (χ1n) is 10.6. The van der Waals surface area contributed by atoms with Gasteiger partial charge in [-0.1, -0.05) is 18.2 Å². The molecule has 1 N–H and O–H groups in total. The number of carbonyl (C=O) groups excluding carboxylic acids is 1.